The topological polar surface area (TPSA) is 157 Å². The summed E-state index contributed by atoms with van der Waals surface area (Å²) in [6.07, 6.45) is 0.439. The first-order chi connectivity index (χ1) is 22.7. The highest BCUT2D eigenvalue weighted by atomic mass is 79.9. The summed E-state index contributed by atoms with van der Waals surface area (Å²) in [5.74, 6) is 0.0639. The second-order valence-electron chi connectivity index (χ2n) is 9.28. The average molecular weight is 737 g/mol. The second-order valence-corrected chi connectivity index (χ2v) is 9.84. The summed E-state index contributed by atoms with van der Waals surface area (Å²) >= 11 is 3.08. The van der Waals surface area contributed by atoms with Crippen molar-refractivity contribution >= 4 is 27.6 Å². The Morgan fingerprint density at radius 2 is 0.609 bits per heavy atom. The molecule has 0 atom stereocenters. The number of ether oxygens (including phenoxy) is 12. The molecular weight excluding hydrogens is 678 g/mol. The van der Waals surface area contributed by atoms with Crippen LogP contribution in [0.25, 0.3) is 0 Å². The fraction of sp³-hybridized carbons (Fsp3) is 0.933. The number of alkyl halides is 1. The first-order valence-electron chi connectivity index (χ1n) is 15.9. The van der Waals surface area contributed by atoms with Crippen molar-refractivity contribution < 1.29 is 66.4 Å². The second kappa shape index (κ2) is 40.3. The molecule has 15 nitrogen and oxygen atoms in total. The van der Waals surface area contributed by atoms with E-state index in [1.165, 1.54) is 0 Å². The molecule has 0 saturated heterocycles. The molecule has 0 aromatic heterocycles. The van der Waals surface area contributed by atoms with Gasteiger partial charge in [-0.1, -0.05) is 15.9 Å². The predicted octanol–water partition coefficient (Wildman–Crippen LogP) is 0.676. The maximum Gasteiger partial charge on any atom is 0.230 e. The summed E-state index contributed by atoms with van der Waals surface area (Å²) in [6, 6.07) is 0. The molecule has 0 saturated carbocycles. The van der Waals surface area contributed by atoms with E-state index in [1.54, 1.807) is 6.92 Å². The Bertz CT molecular complexity index is 638. The van der Waals surface area contributed by atoms with E-state index in [1.807, 2.05) is 0 Å². The van der Waals surface area contributed by atoms with Gasteiger partial charge < -0.3 is 62.2 Å². The zero-order valence-corrected chi connectivity index (χ0v) is 29.3. The predicted molar refractivity (Wildman–Crippen MR) is 172 cm³/mol. The lowest BCUT2D eigenvalue weighted by Gasteiger charge is -2.09. The van der Waals surface area contributed by atoms with E-state index in [4.69, 9.17) is 56.8 Å². The molecule has 46 heavy (non-hydrogen) atoms. The summed E-state index contributed by atoms with van der Waals surface area (Å²) in [6.45, 7) is 13.7. The van der Waals surface area contributed by atoms with E-state index < -0.39 is 0 Å². The van der Waals surface area contributed by atoms with Crippen molar-refractivity contribution in [3.8, 4) is 0 Å². The lowest BCUT2D eigenvalue weighted by atomic mass is 10.3. The molecule has 1 amide bonds. The van der Waals surface area contributed by atoms with Gasteiger partial charge in [-0.15, -0.1) is 0 Å². The van der Waals surface area contributed by atoms with Gasteiger partial charge in [0.15, 0.2) is 0 Å². The van der Waals surface area contributed by atoms with Crippen molar-refractivity contribution in [3.05, 3.63) is 0 Å². The van der Waals surface area contributed by atoms with Crippen LogP contribution in [0.4, 0.5) is 0 Å². The zero-order valence-electron chi connectivity index (χ0n) is 27.7. The molecule has 1 N–H and O–H groups in total. The molecule has 0 aliphatic rings. The van der Waals surface area contributed by atoms with Gasteiger partial charge in [0.2, 0.25) is 5.91 Å². The fourth-order valence-corrected chi connectivity index (χ4v) is 3.25. The lowest BCUT2D eigenvalue weighted by molar-refractivity contribution is -0.119. The number of hydrogen-bond acceptors (Lipinski definition) is 14. The van der Waals surface area contributed by atoms with Crippen molar-refractivity contribution in [2.75, 3.05) is 170 Å². The van der Waals surface area contributed by atoms with Crippen molar-refractivity contribution in [2.24, 2.45) is 0 Å². The Morgan fingerprint density at radius 1 is 0.391 bits per heavy atom. The van der Waals surface area contributed by atoms with Gasteiger partial charge in [0.25, 0.3) is 0 Å². The standard InChI is InChI=1S/C30H58BrNO14/c1-29(33)2-4-35-6-8-37-10-12-39-14-16-41-18-20-43-22-24-45-26-27-46-25-23-44-21-19-42-17-15-40-13-11-38-9-7-36-5-3-32-30(34)28-31/h2-28H2,1H3,(H,32,34). The molecule has 0 aromatic rings. The summed E-state index contributed by atoms with van der Waals surface area (Å²) in [7, 11) is 0. The van der Waals surface area contributed by atoms with E-state index >= 15 is 0 Å². The maximum atomic E-state index is 11.0. The minimum Gasteiger partial charge on any atom is -0.379 e. The smallest absolute Gasteiger partial charge is 0.230 e. The Labute approximate surface area is 282 Å². The van der Waals surface area contributed by atoms with E-state index in [0.29, 0.717) is 177 Å². The number of carbonyl (C=O) groups excluding carboxylic acids is 2. The van der Waals surface area contributed by atoms with Crippen LogP contribution in [0.15, 0.2) is 0 Å². The van der Waals surface area contributed by atoms with Crippen LogP contribution in [0.5, 0.6) is 0 Å². The van der Waals surface area contributed by atoms with Crippen molar-refractivity contribution in [1.82, 2.24) is 5.32 Å². The highest BCUT2D eigenvalue weighted by molar-refractivity contribution is 9.09. The number of Topliss-reactive ketones (excluding diaryl/α,β-unsaturated/α-hetero) is 1. The van der Waals surface area contributed by atoms with Crippen LogP contribution in [0, 0.1) is 0 Å². The van der Waals surface area contributed by atoms with Crippen LogP contribution in [-0.4, -0.2) is 182 Å². The van der Waals surface area contributed by atoms with Crippen LogP contribution < -0.4 is 5.32 Å². The minimum absolute atomic E-state index is 0.0592. The summed E-state index contributed by atoms with van der Waals surface area (Å²) in [5, 5.41) is 2.99. The number of hydrogen-bond donors (Lipinski definition) is 1. The molecule has 0 aromatic carbocycles. The summed E-state index contributed by atoms with van der Waals surface area (Å²) < 4.78 is 65.0. The van der Waals surface area contributed by atoms with Crippen molar-refractivity contribution in [1.29, 1.82) is 0 Å². The molecule has 0 rings (SSSR count). The monoisotopic (exact) mass is 735 g/mol. The first kappa shape index (κ1) is 45.1. The number of ketones is 1. The highest BCUT2D eigenvalue weighted by Gasteiger charge is 1.98. The SMILES string of the molecule is CC(=O)CCOCCOCCOCCOCCOCCOCCOCCOCCOCCOCCOCCOCCNC(=O)CBr. The molecule has 0 heterocycles. The molecule has 0 aliphatic carbocycles. The van der Waals surface area contributed by atoms with Crippen LogP contribution >= 0.6 is 15.9 Å². The van der Waals surface area contributed by atoms with Gasteiger partial charge >= 0.3 is 0 Å². The largest absolute Gasteiger partial charge is 0.379 e. The van der Waals surface area contributed by atoms with Gasteiger partial charge in [-0.3, -0.25) is 9.59 Å². The number of amides is 1. The molecule has 0 fully saturated rings. The third-order valence-corrected chi connectivity index (χ3v) is 5.89. The van der Waals surface area contributed by atoms with Gasteiger partial charge in [-0.05, 0) is 6.92 Å². The summed E-state index contributed by atoms with van der Waals surface area (Å²) in [4.78, 5) is 21.8. The Hall–Kier alpha value is -0.860. The van der Waals surface area contributed by atoms with Crippen molar-refractivity contribution in [2.45, 2.75) is 13.3 Å². The fourth-order valence-electron chi connectivity index (χ4n) is 3.05. The number of halogens is 1. The van der Waals surface area contributed by atoms with Gasteiger partial charge in [-0.2, -0.15) is 0 Å². The van der Waals surface area contributed by atoms with Crippen LogP contribution in [0.2, 0.25) is 0 Å². The Kier molecular flexibility index (Phi) is 39.6. The van der Waals surface area contributed by atoms with E-state index in [-0.39, 0.29) is 11.7 Å². The number of rotatable bonds is 40. The quantitative estimate of drug-likeness (QED) is 0.0692. The van der Waals surface area contributed by atoms with Gasteiger partial charge in [0.05, 0.1) is 164 Å². The van der Waals surface area contributed by atoms with E-state index in [0.717, 1.165) is 0 Å². The number of carbonyl (C=O) groups is 2. The highest BCUT2D eigenvalue weighted by Crippen LogP contribution is 1.88. The van der Waals surface area contributed by atoms with Crippen LogP contribution in [0.3, 0.4) is 0 Å². The molecule has 0 unspecified atom stereocenters. The Balaban J connectivity index is 3.06. The molecule has 16 heteroatoms. The average Bonchev–Trinajstić information content (AvgIpc) is 3.05. The molecule has 0 radical (unpaired) electrons. The van der Waals surface area contributed by atoms with Gasteiger partial charge in [-0.25, -0.2) is 0 Å². The molecule has 0 bridgehead atoms. The zero-order chi connectivity index (χ0) is 33.4. The van der Waals surface area contributed by atoms with E-state index in [2.05, 4.69) is 21.2 Å². The molecule has 0 spiro atoms. The van der Waals surface area contributed by atoms with E-state index in [9.17, 15) is 9.59 Å². The minimum atomic E-state index is -0.0592. The molecular formula is C30H58BrNO14. The first-order valence-corrected chi connectivity index (χ1v) is 17.0. The third kappa shape index (κ3) is 41.2. The molecule has 274 valence electrons. The summed E-state index contributed by atoms with van der Waals surface area (Å²) in [5.41, 5.74) is 0. The van der Waals surface area contributed by atoms with Gasteiger partial charge in [0.1, 0.15) is 5.78 Å². The normalized spacial score (nSPS) is 11.3. The maximum absolute atomic E-state index is 11.0. The molecule has 0 aliphatic heterocycles. The Morgan fingerprint density at radius 3 is 0.826 bits per heavy atom. The van der Waals surface area contributed by atoms with Crippen molar-refractivity contribution in [3.63, 3.8) is 0 Å². The third-order valence-electron chi connectivity index (χ3n) is 5.38. The van der Waals surface area contributed by atoms with Gasteiger partial charge in [0, 0.05) is 13.0 Å². The van der Waals surface area contributed by atoms with Crippen LogP contribution in [-0.2, 0) is 66.4 Å². The van der Waals surface area contributed by atoms with Crippen LogP contribution in [0.1, 0.15) is 13.3 Å². The number of nitrogens with one attached hydrogen (secondary N) is 1. The lowest BCUT2D eigenvalue weighted by Crippen LogP contribution is -2.28.